The fraction of sp³-hybridized carbons (Fsp3) is 0.385. The highest BCUT2D eigenvalue weighted by molar-refractivity contribution is 6.07. The van der Waals surface area contributed by atoms with Gasteiger partial charge in [-0.25, -0.2) is 0 Å². The number of benzene rings is 1. The quantitative estimate of drug-likeness (QED) is 0.527. The molecule has 1 aliphatic rings. The van der Waals surface area contributed by atoms with Crippen molar-refractivity contribution in [2.24, 2.45) is 11.1 Å². The maximum atomic E-state index is 12.6. The van der Waals surface area contributed by atoms with E-state index < -0.39 is 23.7 Å². The van der Waals surface area contributed by atoms with Gasteiger partial charge in [-0.05, 0) is 12.0 Å². The first-order valence-corrected chi connectivity index (χ1v) is 6.05. The van der Waals surface area contributed by atoms with E-state index in [1.807, 2.05) is 6.07 Å². The van der Waals surface area contributed by atoms with E-state index in [4.69, 9.17) is 5.21 Å². The van der Waals surface area contributed by atoms with Crippen LogP contribution in [0.3, 0.4) is 0 Å². The van der Waals surface area contributed by atoms with Crippen molar-refractivity contribution in [2.75, 3.05) is 6.54 Å². The summed E-state index contributed by atoms with van der Waals surface area (Å²) < 4.78 is 37.9. The molecule has 0 radical (unpaired) electrons. The monoisotopic (exact) mass is 286 g/mol. The minimum absolute atomic E-state index is 0.00453. The highest BCUT2D eigenvalue weighted by Crippen LogP contribution is 2.30. The minimum atomic E-state index is -4.79. The van der Waals surface area contributed by atoms with Crippen LogP contribution in [0.1, 0.15) is 12.0 Å². The zero-order chi connectivity index (χ0) is 14.8. The molecule has 0 spiro atoms. The third kappa shape index (κ3) is 2.92. The number of likely N-dealkylation sites (tertiary alicyclic amines) is 1. The summed E-state index contributed by atoms with van der Waals surface area (Å²) in [6.45, 7) is 0.472. The largest absolute Gasteiger partial charge is 0.433 e. The zero-order valence-corrected chi connectivity index (χ0v) is 10.5. The van der Waals surface area contributed by atoms with Gasteiger partial charge in [0.25, 0.3) is 0 Å². The Morgan fingerprint density at radius 3 is 2.55 bits per heavy atom. The van der Waals surface area contributed by atoms with Gasteiger partial charge in [-0.2, -0.15) is 13.2 Å². The van der Waals surface area contributed by atoms with E-state index >= 15 is 0 Å². The molecule has 1 unspecified atom stereocenters. The van der Waals surface area contributed by atoms with Crippen LogP contribution in [0, 0.1) is 5.92 Å². The summed E-state index contributed by atoms with van der Waals surface area (Å²) in [5.41, 5.74) is -0.575. The van der Waals surface area contributed by atoms with E-state index in [1.165, 1.54) is 4.90 Å². The second-order valence-electron chi connectivity index (χ2n) is 4.57. The second kappa shape index (κ2) is 5.52. The van der Waals surface area contributed by atoms with Crippen LogP contribution in [0.15, 0.2) is 35.5 Å². The third-order valence-corrected chi connectivity index (χ3v) is 3.24. The van der Waals surface area contributed by atoms with Gasteiger partial charge in [0.05, 0.1) is 5.92 Å². The normalized spacial score (nSPS) is 20.6. The summed E-state index contributed by atoms with van der Waals surface area (Å²) in [4.78, 5) is 13.3. The Bertz CT molecular complexity index is 514. The number of carbonyl (C=O) groups is 1. The molecular weight excluding hydrogens is 273 g/mol. The molecule has 1 aromatic rings. The van der Waals surface area contributed by atoms with Crippen LogP contribution in [0.2, 0.25) is 0 Å². The lowest BCUT2D eigenvalue weighted by Gasteiger charge is -2.18. The molecule has 108 valence electrons. The Kier molecular flexibility index (Phi) is 3.96. The van der Waals surface area contributed by atoms with Gasteiger partial charge in [-0.1, -0.05) is 35.5 Å². The van der Waals surface area contributed by atoms with Gasteiger partial charge >= 0.3 is 6.18 Å². The van der Waals surface area contributed by atoms with E-state index in [2.05, 4.69) is 5.16 Å². The third-order valence-electron chi connectivity index (χ3n) is 3.24. The van der Waals surface area contributed by atoms with Crippen molar-refractivity contribution in [3.63, 3.8) is 0 Å². The number of hydrogen-bond donors (Lipinski definition) is 1. The highest BCUT2D eigenvalue weighted by Gasteiger charge is 2.48. The first-order chi connectivity index (χ1) is 9.43. The van der Waals surface area contributed by atoms with Gasteiger partial charge in [0.2, 0.25) is 5.91 Å². The predicted molar refractivity (Wildman–Crippen MR) is 65.2 cm³/mol. The lowest BCUT2D eigenvalue weighted by atomic mass is 10.0. The minimum Gasteiger partial charge on any atom is -0.411 e. The second-order valence-corrected chi connectivity index (χ2v) is 4.57. The Labute approximate surface area is 113 Å². The average Bonchev–Trinajstić information content (AvgIpc) is 2.73. The number of hydrogen-bond acceptors (Lipinski definition) is 3. The SMILES string of the molecule is O=C1C(/C(=N/O)C(F)(F)F)CCN1Cc1ccccc1. The van der Waals surface area contributed by atoms with Crippen molar-refractivity contribution in [3.8, 4) is 0 Å². The summed E-state index contributed by atoms with van der Waals surface area (Å²) in [5, 5.41) is 10.8. The number of alkyl halides is 3. The number of rotatable bonds is 3. The lowest BCUT2D eigenvalue weighted by molar-refractivity contribution is -0.131. The number of amides is 1. The molecule has 1 saturated heterocycles. The highest BCUT2D eigenvalue weighted by atomic mass is 19.4. The van der Waals surface area contributed by atoms with Crippen LogP contribution in [-0.4, -0.2) is 34.4 Å². The van der Waals surface area contributed by atoms with Gasteiger partial charge in [-0.3, -0.25) is 4.79 Å². The Hall–Kier alpha value is -2.05. The maximum absolute atomic E-state index is 12.6. The van der Waals surface area contributed by atoms with Gasteiger partial charge in [0.15, 0.2) is 5.71 Å². The van der Waals surface area contributed by atoms with Crippen LogP contribution in [-0.2, 0) is 11.3 Å². The topological polar surface area (TPSA) is 52.9 Å². The van der Waals surface area contributed by atoms with Crippen molar-refractivity contribution in [1.29, 1.82) is 0 Å². The summed E-state index contributed by atoms with van der Waals surface area (Å²) in [6, 6.07) is 9.00. The number of oxime groups is 1. The molecular formula is C13H13F3N2O2. The molecule has 7 heteroatoms. The molecule has 0 aliphatic carbocycles. The van der Waals surface area contributed by atoms with Crippen LogP contribution >= 0.6 is 0 Å². The van der Waals surface area contributed by atoms with Crippen LogP contribution in [0.25, 0.3) is 0 Å². The van der Waals surface area contributed by atoms with Gasteiger partial charge in [0, 0.05) is 13.1 Å². The van der Waals surface area contributed by atoms with Gasteiger partial charge in [-0.15, -0.1) is 0 Å². The lowest BCUT2D eigenvalue weighted by Crippen LogP contribution is -2.36. The van der Waals surface area contributed by atoms with E-state index in [0.717, 1.165) is 5.56 Å². The fourth-order valence-corrected chi connectivity index (χ4v) is 2.28. The van der Waals surface area contributed by atoms with Crippen molar-refractivity contribution >= 4 is 11.6 Å². The van der Waals surface area contributed by atoms with Crippen molar-refractivity contribution in [2.45, 2.75) is 19.1 Å². The molecule has 2 rings (SSSR count). The van der Waals surface area contributed by atoms with Crippen molar-refractivity contribution in [1.82, 2.24) is 4.90 Å². The van der Waals surface area contributed by atoms with Gasteiger partial charge < -0.3 is 10.1 Å². The molecule has 1 aliphatic heterocycles. The van der Waals surface area contributed by atoms with Crippen LogP contribution in [0.5, 0.6) is 0 Å². The van der Waals surface area contributed by atoms with E-state index in [-0.39, 0.29) is 19.5 Å². The number of carbonyl (C=O) groups excluding carboxylic acids is 1. The molecule has 1 aromatic carbocycles. The summed E-state index contributed by atoms with van der Waals surface area (Å²) >= 11 is 0. The molecule has 1 amide bonds. The van der Waals surface area contributed by atoms with Gasteiger partial charge in [0.1, 0.15) is 0 Å². The first-order valence-electron chi connectivity index (χ1n) is 6.05. The molecule has 20 heavy (non-hydrogen) atoms. The predicted octanol–water partition coefficient (Wildman–Crippen LogP) is 2.43. The Morgan fingerprint density at radius 2 is 2.00 bits per heavy atom. The fourth-order valence-electron chi connectivity index (χ4n) is 2.28. The molecule has 0 aromatic heterocycles. The molecule has 0 saturated carbocycles. The Balaban J connectivity index is 2.10. The smallest absolute Gasteiger partial charge is 0.411 e. The average molecular weight is 286 g/mol. The molecule has 0 bridgehead atoms. The molecule has 1 atom stereocenters. The van der Waals surface area contributed by atoms with Crippen molar-refractivity contribution < 1.29 is 23.2 Å². The summed E-state index contributed by atoms with van der Waals surface area (Å²) in [7, 11) is 0. The molecule has 1 heterocycles. The number of nitrogens with zero attached hydrogens (tertiary/aromatic N) is 2. The zero-order valence-electron chi connectivity index (χ0n) is 10.5. The van der Waals surface area contributed by atoms with E-state index in [0.29, 0.717) is 0 Å². The standard InChI is InChI=1S/C13H13F3N2O2/c14-13(15,16)11(17-20)10-6-7-18(12(10)19)8-9-4-2-1-3-5-9/h1-5,10,20H,6-8H2/b17-11-. The van der Waals surface area contributed by atoms with Crippen molar-refractivity contribution in [3.05, 3.63) is 35.9 Å². The molecule has 4 nitrogen and oxygen atoms in total. The first kappa shape index (κ1) is 14.4. The van der Waals surface area contributed by atoms with Crippen LogP contribution in [0.4, 0.5) is 13.2 Å². The van der Waals surface area contributed by atoms with Crippen LogP contribution < -0.4 is 0 Å². The summed E-state index contributed by atoms with van der Waals surface area (Å²) in [5.74, 6) is -2.07. The molecule has 1 fully saturated rings. The molecule has 1 N–H and O–H groups in total. The van der Waals surface area contributed by atoms with E-state index in [1.54, 1.807) is 24.3 Å². The number of halogens is 3. The Morgan fingerprint density at radius 1 is 1.35 bits per heavy atom. The van der Waals surface area contributed by atoms with E-state index in [9.17, 15) is 18.0 Å². The maximum Gasteiger partial charge on any atom is 0.433 e. The summed E-state index contributed by atoms with van der Waals surface area (Å²) in [6.07, 6.45) is -4.79.